The van der Waals surface area contributed by atoms with E-state index in [2.05, 4.69) is 72.4 Å². The quantitative estimate of drug-likeness (QED) is 0.0568. The van der Waals surface area contributed by atoms with Gasteiger partial charge in [0, 0.05) is 68.6 Å². The molecular weight excluding hydrogens is 725 g/mol. The number of nitrogens with one attached hydrogen (secondary N) is 2. The van der Waals surface area contributed by atoms with Gasteiger partial charge in [0.25, 0.3) is 11.4 Å². The minimum absolute atomic E-state index is 0.0526. The first kappa shape index (κ1) is 39.6. The Labute approximate surface area is 338 Å². The monoisotopic (exact) mass is 772 g/mol. The van der Waals surface area contributed by atoms with Crippen LogP contribution in [0.1, 0.15) is 121 Å². The summed E-state index contributed by atoms with van der Waals surface area (Å²) < 4.78 is 0. The number of aromatic nitrogens is 4. The fourth-order valence-corrected chi connectivity index (χ4v) is 7.48. The summed E-state index contributed by atoms with van der Waals surface area (Å²) in [6.07, 6.45) is 27.0. The van der Waals surface area contributed by atoms with E-state index in [1.165, 1.54) is 24.3 Å². The molecule has 2 aromatic carbocycles. The first-order chi connectivity index (χ1) is 28.3. The van der Waals surface area contributed by atoms with Crippen LogP contribution in [0.2, 0.25) is 0 Å². The minimum atomic E-state index is -0.387. The zero-order valence-electron chi connectivity index (χ0n) is 33.0. The normalized spacial score (nSPS) is 12.3. The van der Waals surface area contributed by atoms with Gasteiger partial charge in [-0.2, -0.15) is 0 Å². The Hall–Kier alpha value is -6.68. The second kappa shape index (κ2) is 18.5. The number of fused-ring (bicyclic) bond motifs is 8. The van der Waals surface area contributed by atoms with Gasteiger partial charge in [-0.3, -0.25) is 20.2 Å². The summed E-state index contributed by atoms with van der Waals surface area (Å²) in [4.78, 5) is 39.9. The van der Waals surface area contributed by atoms with E-state index >= 15 is 0 Å². The number of unbranched alkanes of at least 4 members (excludes halogenated alkanes) is 6. The van der Waals surface area contributed by atoms with Gasteiger partial charge in [-0.1, -0.05) is 76.7 Å². The number of rotatable bonds is 16. The summed E-state index contributed by atoms with van der Waals surface area (Å²) in [7, 11) is 0. The maximum absolute atomic E-state index is 11.3. The van der Waals surface area contributed by atoms with E-state index in [-0.39, 0.29) is 21.2 Å². The second-order valence-corrected chi connectivity index (χ2v) is 14.8. The fourth-order valence-electron chi connectivity index (χ4n) is 7.48. The molecule has 58 heavy (non-hydrogen) atoms. The molecule has 294 valence electrons. The lowest BCUT2D eigenvalue weighted by Crippen LogP contribution is -1.93. The van der Waals surface area contributed by atoms with Crippen molar-refractivity contribution in [1.82, 2.24) is 19.9 Å². The molecule has 0 atom stereocenters. The number of hydrogen-bond donors (Lipinski definition) is 2. The standard InChI is InChI=1S/C48H48N6O4/c1-3-5-7-9-11-37-41-25-29-45(49-41)39(23-17-33-13-19-35(20-14-33)53(55)56)47-31-27-43(51-47)38(12-10-8-6-4-2)44-28-32-48(52-44)40(46-30-26-42(37)50-46)24-18-34-15-21-36(22-16-34)54(57)58/h13-32,49,52H,3-12H2,1-2H3/b23-17+,24-18+,41-37?,42-37?,43-38?,44-38?,45-39?,46-40?,47-39?,48-40?. The van der Waals surface area contributed by atoms with Gasteiger partial charge < -0.3 is 9.97 Å². The van der Waals surface area contributed by atoms with E-state index < -0.39 is 0 Å². The predicted molar refractivity (Wildman–Crippen MR) is 239 cm³/mol. The summed E-state index contributed by atoms with van der Waals surface area (Å²) >= 11 is 0. The minimum Gasteiger partial charge on any atom is -0.355 e. The molecule has 7 rings (SSSR count). The lowest BCUT2D eigenvalue weighted by atomic mass is 10.0. The van der Waals surface area contributed by atoms with Crippen LogP contribution in [0.5, 0.6) is 0 Å². The van der Waals surface area contributed by atoms with Gasteiger partial charge in [-0.15, -0.1) is 0 Å². The highest BCUT2D eigenvalue weighted by Gasteiger charge is 2.16. The molecule has 0 saturated carbocycles. The van der Waals surface area contributed by atoms with Crippen LogP contribution >= 0.6 is 0 Å². The predicted octanol–water partition coefficient (Wildman–Crippen LogP) is 13.1. The first-order valence-electron chi connectivity index (χ1n) is 20.3. The molecule has 2 aliphatic heterocycles. The fraction of sp³-hybridized carbons (Fsp3) is 0.250. The van der Waals surface area contributed by atoms with Crippen LogP contribution in [0.25, 0.3) is 70.7 Å². The SMILES string of the molecule is CCCCCCc1c2nc(c(/C=C/c3ccc([N+](=O)[O-])cc3)c3ccc([nH]3)c(CCCCCC)c3nc(c(/C=C/c4ccc([N+](=O)[O-])cc4)c4ccc1[nH]4)C=C3)C=C2. The number of aromatic amines is 2. The molecule has 0 amide bonds. The Morgan fingerprint density at radius 1 is 0.483 bits per heavy atom. The number of nitro groups is 2. The van der Waals surface area contributed by atoms with Crippen molar-refractivity contribution < 1.29 is 9.85 Å². The Bertz CT molecular complexity index is 2410. The molecule has 0 unspecified atom stereocenters. The van der Waals surface area contributed by atoms with E-state index in [0.29, 0.717) is 0 Å². The molecule has 8 bridgehead atoms. The number of benzene rings is 2. The molecule has 0 fully saturated rings. The summed E-state index contributed by atoms with van der Waals surface area (Å²) in [5.74, 6) is 0. The van der Waals surface area contributed by atoms with Crippen LogP contribution in [0.15, 0.2) is 72.8 Å². The molecular formula is C48H48N6O4. The van der Waals surface area contributed by atoms with Gasteiger partial charge in [0.05, 0.1) is 32.6 Å². The third kappa shape index (κ3) is 9.29. The average molecular weight is 773 g/mol. The Morgan fingerprint density at radius 3 is 1.24 bits per heavy atom. The van der Waals surface area contributed by atoms with Gasteiger partial charge in [0.2, 0.25) is 0 Å². The van der Waals surface area contributed by atoms with Crippen molar-refractivity contribution in [2.24, 2.45) is 0 Å². The van der Waals surface area contributed by atoms with E-state index in [1.54, 1.807) is 24.3 Å². The van der Waals surface area contributed by atoms with Gasteiger partial charge in [0.15, 0.2) is 0 Å². The zero-order chi connectivity index (χ0) is 40.4. The van der Waals surface area contributed by atoms with E-state index in [0.717, 1.165) is 142 Å². The number of nitro benzene ring substituents is 2. The Morgan fingerprint density at radius 2 is 0.862 bits per heavy atom. The van der Waals surface area contributed by atoms with Crippen molar-refractivity contribution in [2.45, 2.75) is 78.1 Å². The van der Waals surface area contributed by atoms with Crippen molar-refractivity contribution >= 4 is 82.0 Å². The Balaban J connectivity index is 1.47. The van der Waals surface area contributed by atoms with Gasteiger partial charge in [0.1, 0.15) is 0 Å². The summed E-state index contributed by atoms with van der Waals surface area (Å²) in [6, 6.07) is 21.6. The van der Waals surface area contributed by atoms with Crippen molar-refractivity contribution in [3.8, 4) is 0 Å². The summed E-state index contributed by atoms with van der Waals surface area (Å²) in [5, 5.41) is 22.6. The molecule has 2 N–H and O–H groups in total. The molecule has 0 aliphatic carbocycles. The molecule has 2 aliphatic rings. The van der Waals surface area contributed by atoms with Gasteiger partial charge in [-0.05, 0) is 110 Å². The second-order valence-electron chi connectivity index (χ2n) is 14.8. The molecule has 5 heterocycles. The van der Waals surface area contributed by atoms with Crippen LogP contribution in [-0.2, 0) is 12.8 Å². The molecule has 10 heteroatoms. The third-order valence-corrected chi connectivity index (χ3v) is 10.7. The smallest absolute Gasteiger partial charge is 0.269 e. The number of H-pyrrole nitrogens is 2. The van der Waals surface area contributed by atoms with E-state index in [4.69, 9.17) is 9.97 Å². The number of hydrogen-bond acceptors (Lipinski definition) is 6. The van der Waals surface area contributed by atoms with Crippen LogP contribution in [0.4, 0.5) is 11.4 Å². The molecule has 10 nitrogen and oxygen atoms in total. The number of aryl methyl sites for hydroxylation is 2. The number of non-ortho nitro benzene ring substituents is 2. The zero-order valence-corrected chi connectivity index (χ0v) is 33.0. The van der Waals surface area contributed by atoms with Crippen LogP contribution in [0, 0.1) is 20.2 Å². The summed E-state index contributed by atoms with van der Waals surface area (Å²) in [5.41, 5.74) is 13.1. The van der Waals surface area contributed by atoms with Crippen molar-refractivity contribution in [1.29, 1.82) is 0 Å². The van der Waals surface area contributed by atoms with Crippen LogP contribution < -0.4 is 0 Å². The highest BCUT2D eigenvalue weighted by molar-refractivity contribution is 5.91. The highest BCUT2D eigenvalue weighted by Crippen LogP contribution is 2.30. The van der Waals surface area contributed by atoms with Gasteiger partial charge in [-0.25, -0.2) is 9.97 Å². The van der Waals surface area contributed by atoms with Crippen molar-refractivity contribution in [2.75, 3.05) is 0 Å². The molecule has 3 aromatic heterocycles. The van der Waals surface area contributed by atoms with E-state index in [9.17, 15) is 20.2 Å². The summed E-state index contributed by atoms with van der Waals surface area (Å²) in [6.45, 7) is 4.43. The molecule has 0 spiro atoms. The number of nitrogens with zero attached hydrogens (tertiary/aromatic N) is 4. The van der Waals surface area contributed by atoms with E-state index in [1.807, 2.05) is 24.3 Å². The van der Waals surface area contributed by atoms with Crippen LogP contribution in [-0.4, -0.2) is 29.8 Å². The molecule has 0 saturated heterocycles. The largest absolute Gasteiger partial charge is 0.355 e. The van der Waals surface area contributed by atoms with Gasteiger partial charge >= 0.3 is 0 Å². The van der Waals surface area contributed by atoms with Crippen molar-refractivity contribution in [3.63, 3.8) is 0 Å². The maximum Gasteiger partial charge on any atom is 0.269 e. The molecule has 0 radical (unpaired) electrons. The lowest BCUT2D eigenvalue weighted by molar-refractivity contribution is -0.385. The molecule has 5 aromatic rings. The third-order valence-electron chi connectivity index (χ3n) is 10.7. The lowest BCUT2D eigenvalue weighted by Gasteiger charge is -2.05. The topological polar surface area (TPSA) is 144 Å². The first-order valence-corrected chi connectivity index (χ1v) is 20.3. The maximum atomic E-state index is 11.3. The van der Waals surface area contributed by atoms with Crippen LogP contribution in [0.3, 0.4) is 0 Å². The highest BCUT2D eigenvalue weighted by atomic mass is 16.6. The Kier molecular flexibility index (Phi) is 12.6. The average Bonchev–Trinajstić information content (AvgIpc) is 4.08. The van der Waals surface area contributed by atoms with Crippen molar-refractivity contribution in [3.05, 3.63) is 149 Å².